The van der Waals surface area contributed by atoms with Gasteiger partial charge in [-0.3, -0.25) is 4.21 Å². The molecule has 1 rings (SSSR count). The second-order valence-corrected chi connectivity index (χ2v) is 7.38. The Balaban J connectivity index is 2.94. The van der Waals surface area contributed by atoms with Crippen molar-refractivity contribution in [3.8, 4) is 0 Å². The molecule has 1 aromatic rings. The Labute approximate surface area is 119 Å². The number of anilines is 1. The largest absolute Gasteiger partial charge is 0.478 e. The van der Waals surface area contributed by atoms with Crippen LogP contribution < -0.4 is 10.5 Å². The predicted molar refractivity (Wildman–Crippen MR) is 76.6 cm³/mol. The monoisotopic (exact) mass is 320 g/mol. The summed E-state index contributed by atoms with van der Waals surface area (Å²) in [6.45, 7) is 0.0791. The Bertz CT molecular complexity index is 628. The maximum Gasteiger partial charge on any atom is 0.337 e. The Morgan fingerprint density at radius 1 is 1.45 bits per heavy atom. The first-order valence-electron chi connectivity index (χ1n) is 5.66. The third-order valence-corrected chi connectivity index (χ3v) is 4.79. The summed E-state index contributed by atoms with van der Waals surface area (Å²) < 4.78 is 37.2. The fourth-order valence-corrected chi connectivity index (χ4v) is 3.35. The molecule has 0 bridgehead atoms. The lowest BCUT2D eigenvalue weighted by molar-refractivity contribution is 0.0692. The summed E-state index contributed by atoms with van der Waals surface area (Å²) in [5.74, 6) is -0.981. The number of nitrogens with two attached hydrogens (primary N) is 1. The van der Waals surface area contributed by atoms with Gasteiger partial charge >= 0.3 is 5.97 Å². The normalized spacial score (nSPS) is 13.1. The van der Waals surface area contributed by atoms with Gasteiger partial charge in [-0.1, -0.05) is 0 Å². The van der Waals surface area contributed by atoms with Crippen molar-refractivity contribution < 1.29 is 22.5 Å². The third kappa shape index (κ3) is 4.58. The Morgan fingerprint density at radius 2 is 2.10 bits per heavy atom. The third-order valence-electron chi connectivity index (χ3n) is 2.43. The number of rotatable bonds is 7. The fourth-order valence-electron chi connectivity index (χ4n) is 1.50. The van der Waals surface area contributed by atoms with E-state index in [9.17, 15) is 17.4 Å². The minimum Gasteiger partial charge on any atom is -0.478 e. The lowest BCUT2D eigenvalue weighted by Gasteiger charge is -2.09. The van der Waals surface area contributed by atoms with Crippen molar-refractivity contribution in [2.24, 2.45) is 0 Å². The summed E-state index contributed by atoms with van der Waals surface area (Å²) in [7, 11) is -4.97. The zero-order valence-electron chi connectivity index (χ0n) is 10.8. The molecule has 1 aromatic carbocycles. The highest BCUT2D eigenvalue weighted by molar-refractivity contribution is 7.89. The highest BCUT2D eigenvalue weighted by atomic mass is 32.2. The molecule has 0 aromatic heterocycles. The molecule has 0 radical (unpaired) electrons. The Morgan fingerprint density at radius 3 is 2.65 bits per heavy atom. The average Bonchev–Trinajstić information content (AvgIpc) is 2.34. The number of hydrogen-bond donors (Lipinski definition) is 3. The molecule has 0 fully saturated rings. The van der Waals surface area contributed by atoms with E-state index in [2.05, 4.69) is 4.72 Å². The number of benzene rings is 1. The standard InChI is InChI=1S/C11H16N2O5S2/c1-19(16)6-2-5-13-20(17,18)10-7-8(12)3-4-9(10)11(14)15/h3-4,7,13H,2,5-6,12H2,1H3,(H,14,15). The van der Waals surface area contributed by atoms with Crippen LogP contribution in [0.3, 0.4) is 0 Å². The quantitative estimate of drug-likeness (QED) is 0.480. The van der Waals surface area contributed by atoms with Crippen molar-refractivity contribution in [3.63, 3.8) is 0 Å². The average molecular weight is 320 g/mol. The van der Waals surface area contributed by atoms with E-state index in [-0.39, 0.29) is 22.7 Å². The van der Waals surface area contributed by atoms with E-state index in [1.165, 1.54) is 12.3 Å². The van der Waals surface area contributed by atoms with Gasteiger partial charge < -0.3 is 10.8 Å². The first-order chi connectivity index (χ1) is 9.24. The van der Waals surface area contributed by atoms with Gasteiger partial charge in [0.25, 0.3) is 0 Å². The van der Waals surface area contributed by atoms with Crippen molar-refractivity contribution in [2.45, 2.75) is 11.3 Å². The van der Waals surface area contributed by atoms with Crippen molar-refractivity contribution in [1.29, 1.82) is 0 Å². The van der Waals surface area contributed by atoms with Gasteiger partial charge in [-0.15, -0.1) is 0 Å². The highest BCUT2D eigenvalue weighted by Crippen LogP contribution is 2.19. The van der Waals surface area contributed by atoms with Crippen LogP contribution in [0.5, 0.6) is 0 Å². The van der Waals surface area contributed by atoms with Crippen LogP contribution in [0, 0.1) is 0 Å². The van der Waals surface area contributed by atoms with Gasteiger partial charge in [0.2, 0.25) is 10.0 Å². The van der Waals surface area contributed by atoms with E-state index in [0.717, 1.165) is 12.1 Å². The van der Waals surface area contributed by atoms with Crippen LogP contribution in [0.25, 0.3) is 0 Å². The summed E-state index contributed by atoms with van der Waals surface area (Å²) in [6, 6.07) is 3.57. The zero-order valence-corrected chi connectivity index (χ0v) is 12.5. The van der Waals surface area contributed by atoms with Crippen LogP contribution in [0.2, 0.25) is 0 Å². The summed E-state index contributed by atoms with van der Waals surface area (Å²) >= 11 is 0. The van der Waals surface area contributed by atoms with Gasteiger partial charge in [0, 0.05) is 35.0 Å². The molecule has 112 valence electrons. The number of carboxylic acids is 1. The van der Waals surface area contributed by atoms with E-state index in [0.29, 0.717) is 12.2 Å². The van der Waals surface area contributed by atoms with Crippen LogP contribution in [-0.4, -0.2) is 42.3 Å². The van der Waals surface area contributed by atoms with Gasteiger partial charge in [-0.25, -0.2) is 17.9 Å². The van der Waals surface area contributed by atoms with E-state index in [1.54, 1.807) is 0 Å². The van der Waals surface area contributed by atoms with Crippen LogP contribution in [0.15, 0.2) is 23.1 Å². The number of carboxylic acid groups (broad SMARTS) is 1. The van der Waals surface area contributed by atoms with E-state index in [1.807, 2.05) is 0 Å². The molecule has 0 saturated heterocycles. The maximum absolute atomic E-state index is 12.0. The zero-order chi connectivity index (χ0) is 15.3. The summed E-state index contributed by atoms with van der Waals surface area (Å²) in [5, 5.41) is 8.99. The molecule has 20 heavy (non-hydrogen) atoms. The van der Waals surface area contributed by atoms with E-state index >= 15 is 0 Å². The molecule has 4 N–H and O–H groups in total. The van der Waals surface area contributed by atoms with Crippen LogP contribution in [0.4, 0.5) is 5.69 Å². The van der Waals surface area contributed by atoms with Crippen LogP contribution in [0.1, 0.15) is 16.8 Å². The van der Waals surface area contributed by atoms with Gasteiger partial charge in [-0.2, -0.15) is 0 Å². The second-order valence-electron chi connectivity index (χ2n) is 4.09. The maximum atomic E-state index is 12.0. The lowest BCUT2D eigenvalue weighted by Crippen LogP contribution is -2.27. The topological polar surface area (TPSA) is 127 Å². The molecule has 0 heterocycles. The molecule has 0 aliphatic rings. The second kappa shape index (κ2) is 6.82. The summed E-state index contributed by atoms with van der Waals surface area (Å²) in [5.41, 5.74) is 5.31. The van der Waals surface area contributed by atoms with E-state index in [4.69, 9.17) is 10.8 Å². The first-order valence-corrected chi connectivity index (χ1v) is 8.87. The van der Waals surface area contributed by atoms with Crippen LogP contribution in [-0.2, 0) is 20.8 Å². The number of hydrogen-bond acceptors (Lipinski definition) is 5. The minimum atomic E-state index is -3.97. The molecule has 1 unspecified atom stereocenters. The van der Waals surface area contributed by atoms with E-state index < -0.39 is 26.8 Å². The molecule has 9 heteroatoms. The molecule has 7 nitrogen and oxygen atoms in total. The number of nitrogen functional groups attached to an aromatic ring is 1. The molecule has 0 amide bonds. The molecule has 0 aliphatic heterocycles. The lowest BCUT2D eigenvalue weighted by atomic mass is 10.2. The summed E-state index contributed by atoms with van der Waals surface area (Å²) in [4.78, 5) is 10.7. The molecule has 1 atom stereocenters. The first kappa shape index (κ1) is 16.6. The SMILES string of the molecule is CS(=O)CCCNS(=O)(=O)c1cc(N)ccc1C(=O)O. The van der Waals surface area contributed by atoms with Crippen molar-refractivity contribution in [1.82, 2.24) is 4.72 Å². The fraction of sp³-hybridized carbons (Fsp3) is 0.364. The van der Waals surface area contributed by atoms with Gasteiger partial charge in [-0.05, 0) is 24.6 Å². The van der Waals surface area contributed by atoms with Gasteiger partial charge in [0.1, 0.15) is 0 Å². The Hall–Kier alpha value is -1.45. The molecule has 0 saturated carbocycles. The van der Waals surface area contributed by atoms with Gasteiger partial charge in [0.15, 0.2) is 0 Å². The van der Waals surface area contributed by atoms with Gasteiger partial charge in [0.05, 0.1) is 10.5 Å². The summed E-state index contributed by atoms with van der Waals surface area (Å²) in [6.07, 6.45) is 1.92. The number of nitrogens with one attached hydrogen (secondary N) is 1. The minimum absolute atomic E-state index is 0.0791. The number of sulfonamides is 1. The van der Waals surface area contributed by atoms with Crippen molar-refractivity contribution >= 4 is 32.5 Å². The number of carbonyl (C=O) groups is 1. The molecule has 0 spiro atoms. The highest BCUT2D eigenvalue weighted by Gasteiger charge is 2.22. The van der Waals surface area contributed by atoms with Crippen molar-refractivity contribution in [3.05, 3.63) is 23.8 Å². The predicted octanol–water partition coefficient (Wildman–Crippen LogP) is 0.0139. The molecular formula is C11H16N2O5S2. The molecular weight excluding hydrogens is 304 g/mol. The Kier molecular flexibility index (Phi) is 5.66. The van der Waals surface area contributed by atoms with Crippen molar-refractivity contribution in [2.75, 3.05) is 24.3 Å². The smallest absolute Gasteiger partial charge is 0.337 e. The van der Waals surface area contributed by atoms with Crippen LogP contribution >= 0.6 is 0 Å². The molecule has 0 aliphatic carbocycles. The number of aromatic carboxylic acids is 1.